The van der Waals surface area contributed by atoms with E-state index in [1.807, 2.05) is 43.3 Å². The van der Waals surface area contributed by atoms with E-state index in [2.05, 4.69) is 20.6 Å². The summed E-state index contributed by atoms with van der Waals surface area (Å²) in [5.74, 6) is 0.537. The van der Waals surface area contributed by atoms with Crippen molar-refractivity contribution in [1.29, 1.82) is 0 Å². The monoisotopic (exact) mass is 328 g/mol. The molecule has 6 nitrogen and oxygen atoms in total. The van der Waals surface area contributed by atoms with Crippen LogP contribution in [0.5, 0.6) is 5.88 Å². The largest absolute Gasteiger partial charge is 0.478 e. The molecule has 1 aromatic carbocycles. The lowest BCUT2D eigenvalue weighted by Gasteiger charge is -2.09. The van der Waals surface area contributed by atoms with Gasteiger partial charge in [-0.15, -0.1) is 0 Å². The maximum Gasteiger partial charge on any atom is 0.321 e. The number of carbonyl (C=O) groups is 1. The summed E-state index contributed by atoms with van der Waals surface area (Å²) >= 11 is 1.44. The second-order valence-electron chi connectivity index (χ2n) is 4.70. The van der Waals surface area contributed by atoms with E-state index >= 15 is 0 Å². The SMILES string of the molecule is CCOc1ncccc1CNC(=O)Nc1nc2ccccc2s1. The quantitative estimate of drug-likeness (QED) is 0.752. The number of fused-ring (bicyclic) bond motifs is 1. The summed E-state index contributed by atoms with van der Waals surface area (Å²) in [7, 11) is 0. The first-order valence-electron chi connectivity index (χ1n) is 7.23. The number of ether oxygens (including phenoxy) is 1. The van der Waals surface area contributed by atoms with Crippen molar-refractivity contribution in [2.45, 2.75) is 13.5 Å². The van der Waals surface area contributed by atoms with Crippen LogP contribution >= 0.6 is 11.3 Å². The van der Waals surface area contributed by atoms with Gasteiger partial charge in [0.05, 0.1) is 16.8 Å². The molecular weight excluding hydrogens is 312 g/mol. The number of pyridine rings is 1. The molecule has 0 radical (unpaired) electrons. The Morgan fingerprint density at radius 1 is 1.26 bits per heavy atom. The lowest BCUT2D eigenvalue weighted by Crippen LogP contribution is -2.28. The van der Waals surface area contributed by atoms with Gasteiger partial charge in [-0.25, -0.2) is 14.8 Å². The van der Waals surface area contributed by atoms with E-state index in [0.717, 1.165) is 15.8 Å². The molecule has 0 aliphatic carbocycles. The minimum Gasteiger partial charge on any atom is -0.478 e. The minimum absolute atomic E-state index is 0.310. The summed E-state index contributed by atoms with van der Waals surface area (Å²) < 4.78 is 6.47. The summed E-state index contributed by atoms with van der Waals surface area (Å²) in [5.41, 5.74) is 1.70. The van der Waals surface area contributed by atoms with Gasteiger partial charge in [-0.3, -0.25) is 5.32 Å². The lowest BCUT2D eigenvalue weighted by atomic mass is 10.2. The van der Waals surface area contributed by atoms with Crippen molar-refractivity contribution in [1.82, 2.24) is 15.3 Å². The first-order valence-corrected chi connectivity index (χ1v) is 8.05. The van der Waals surface area contributed by atoms with Gasteiger partial charge in [0.2, 0.25) is 5.88 Å². The van der Waals surface area contributed by atoms with Crippen molar-refractivity contribution in [3.8, 4) is 5.88 Å². The fourth-order valence-electron chi connectivity index (χ4n) is 2.07. The van der Waals surface area contributed by atoms with Gasteiger partial charge in [-0.1, -0.05) is 29.5 Å². The second kappa shape index (κ2) is 7.06. The van der Waals surface area contributed by atoms with E-state index in [1.54, 1.807) is 6.20 Å². The number of amides is 2. The number of anilines is 1. The number of aromatic nitrogens is 2. The summed E-state index contributed by atoms with van der Waals surface area (Å²) in [6, 6.07) is 11.1. The maximum atomic E-state index is 12.0. The van der Waals surface area contributed by atoms with Crippen molar-refractivity contribution < 1.29 is 9.53 Å². The Labute approximate surface area is 137 Å². The van der Waals surface area contributed by atoms with Crippen molar-refractivity contribution >= 4 is 32.7 Å². The Kier molecular flexibility index (Phi) is 4.68. The standard InChI is InChI=1S/C16H16N4O2S/c1-2-22-14-11(6-5-9-17-14)10-18-15(21)20-16-19-12-7-3-4-8-13(12)23-16/h3-9H,2,10H2,1H3,(H2,18,19,20,21). The number of hydrogen-bond acceptors (Lipinski definition) is 5. The number of benzene rings is 1. The number of nitrogens with zero attached hydrogens (tertiary/aromatic N) is 2. The van der Waals surface area contributed by atoms with Crippen molar-refractivity contribution in [2.24, 2.45) is 0 Å². The molecule has 0 saturated heterocycles. The van der Waals surface area contributed by atoms with Gasteiger partial charge >= 0.3 is 6.03 Å². The highest BCUT2D eigenvalue weighted by Crippen LogP contribution is 2.25. The van der Waals surface area contributed by atoms with Crippen LogP contribution in [-0.4, -0.2) is 22.6 Å². The average molecular weight is 328 g/mol. The average Bonchev–Trinajstić information content (AvgIpc) is 2.96. The number of carbonyl (C=O) groups excluding carboxylic acids is 1. The zero-order chi connectivity index (χ0) is 16.1. The van der Waals surface area contributed by atoms with E-state index in [0.29, 0.717) is 24.2 Å². The highest BCUT2D eigenvalue weighted by molar-refractivity contribution is 7.22. The third-order valence-electron chi connectivity index (χ3n) is 3.08. The molecule has 0 aliphatic rings. The van der Waals surface area contributed by atoms with Crippen LogP contribution in [0.4, 0.5) is 9.93 Å². The predicted molar refractivity (Wildman–Crippen MR) is 90.9 cm³/mol. The molecule has 0 aliphatic heterocycles. The van der Waals surface area contributed by atoms with Gasteiger partial charge in [-0.2, -0.15) is 0 Å². The second-order valence-corrected chi connectivity index (χ2v) is 5.73. The molecule has 7 heteroatoms. The number of hydrogen-bond donors (Lipinski definition) is 2. The number of urea groups is 1. The van der Waals surface area contributed by atoms with E-state index < -0.39 is 0 Å². The molecule has 0 bridgehead atoms. The summed E-state index contributed by atoms with van der Waals surface area (Å²) in [6.07, 6.45) is 1.66. The number of nitrogens with one attached hydrogen (secondary N) is 2. The van der Waals surface area contributed by atoms with Gasteiger partial charge < -0.3 is 10.1 Å². The van der Waals surface area contributed by atoms with Crippen LogP contribution in [0, 0.1) is 0 Å². The topological polar surface area (TPSA) is 76.1 Å². The van der Waals surface area contributed by atoms with Gasteiger partial charge in [0.1, 0.15) is 0 Å². The third-order valence-corrected chi connectivity index (χ3v) is 4.04. The Bertz CT molecular complexity index is 785. The van der Waals surface area contributed by atoms with E-state index in [4.69, 9.17) is 4.74 Å². The molecule has 0 atom stereocenters. The molecule has 118 valence electrons. The summed E-state index contributed by atoms with van der Waals surface area (Å²) in [5, 5.41) is 6.11. The zero-order valence-electron chi connectivity index (χ0n) is 12.6. The molecule has 0 spiro atoms. The molecule has 2 amide bonds. The molecule has 0 saturated carbocycles. The minimum atomic E-state index is -0.310. The molecule has 0 unspecified atom stereocenters. The number of rotatable bonds is 5. The normalized spacial score (nSPS) is 10.5. The van der Waals surface area contributed by atoms with Crippen LogP contribution in [0.15, 0.2) is 42.6 Å². The van der Waals surface area contributed by atoms with Crippen LogP contribution in [-0.2, 0) is 6.54 Å². The van der Waals surface area contributed by atoms with Crippen molar-refractivity contribution in [3.63, 3.8) is 0 Å². The molecule has 2 aromatic heterocycles. The van der Waals surface area contributed by atoms with Crippen LogP contribution < -0.4 is 15.4 Å². The Hall–Kier alpha value is -2.67. The van der Waals surface area contributed by atoms with Crippen molar-refractivity contribution in [2.75, 3.05) is 11.9 Å². The molecular formula is C16H16N4O2S. The molecule has 2 heterocycles. The van der Waals surface area contributed by atoms with E-state index in [1.165, 1.54) is 11.3 Å². The van der Waals surface area contributed by atoms with Crippen LogP contribution in [0.1, 0.15) is 12.5 Å². The molecule has 3 rings (SSSR count). The Balaban J connectivity index is 1.61. The number of para-hydroxylation sites is 1. The first kappa shape index (κ1) is 15.2. The Morgan fingerprint density at radius 2 is 2.13 bits per heavy atom. The maximum absolute atomic E-state index is 12.0. The van der Waals surface area contributed by atoms with Gasteiger partial charge in [0.15, 0.2) is 5.13 Å². The Morgan fingerprint density at radius 3 is 2.96 bits per heavy atom. The van der Waals surface area contributed by atoms with Gasteiger partial charge in [0.25, 0.3) is 0 Å². The predicted octanol–water partition coefficient (Wildman–Crippen LogP) is 3.41. The van der Waals surface area contributed by atoms with Gasteiger partial charge in [0, 0.05) is 18.3 Å². The van der Waals surface area contributed by atoms with Crippen LogP contribution in [0.3, 0.4) is 0 Å². The fraction of sp³-hybridized carbons (Fsp3) is 0.188. The molecule has 3 aromatic rings. The highest BCUT2D eigenvalue weighted by atomic mass is 32.1. The summed E-state index contributed by atoms with van der Waals surface area (Å²) in [4.78, 5) is 20.5. The van der Waals surface area contributed by atoms with Crippen LogP contribution in [0.2, 0.25) is 0 Å². The molecule has 2 N–H and O–H groups in total. The zero-order valence-corrected chi connectivity index (χ0v) is 13.4. The molecule has 23 heavy (non-hydrogen) atoms. The lowest BCUT2D eigenvalue weighted by molar-refractivity contribution is 0.251. The first-order chi connectivity index (χ1) is 11.3. The van der Waals surface area contributed by atoms with Crippen LogP contribution in [0.25, 0.3) is 10.2 Å². The highest BCUT2D eigenvalue weighted by Gasteiger charge is 2.09. The van der Waals surface area contributed by atoms with E-state index in [9.17, 15) is 4.79 Å². The van der Waals surface area contributed by atoms with Crippen molar-refractivity contribution in [3.05, 3.63) is 48.2 Å². The molecule has 0 fully saturated rings. The summed E-state index contributed by atoms with van der Waals surface area (Å²) in [6.45, 7) is 2.76. The number of thiazole rings is 1. The third kappa shape index (κ3) is 3.75. The van der Waals surface area contributed by atoms with Gasteiger partial charge in [-0.05, 0) is 25.1 Å². The smallest absolute Gasteiger partial charge is 0.321 e. The van der Waals surface area contributed by atoms with E-state index in [-0.39, 0.29) is 6.03 Å². The fourth-order valence-corrected chi connectivity index (χ4v) is 2.93.